The number of aromatic nitrogens is 9. The van der Waals surface area contributed by atoms with E-state index < -0.39 is 0 Å². The van der Waals surface area contributed by atoms with Gasteiger partial charge in [-0.15, -0.1) is 56.7 Å². The minimum Gasteiger partial charge on any atom is -0.456 e. The molecule has 16 heterocycles. The second-order valence-corrected chi connectivity index (χ2v) is 43.6. The van der Waals surface area contributed by atoms with Gasteiger partial charge in [0.15, 0.2) is 11.2 Å². The van der Waals surface area contributed by atoms with Gasteiger partial charge in [-0.1, -0.05) is 237 Å². The third-order valence-electron chi connectivity index (χ3n) is 30.3. The van der Waals surface area contributed by atoms with Crippen molar-refractivity contribution < 1.29 is 13.3 Å². The Kier molecular flexibility index (Phi) is 17.5. The Morgan fingerprint density at radius 3 is 1.07 bits per heavy atom. The molecule has 688 valence electrons. The molecule has 12 nitrogen and oxygen atoms in total. The van der Waals surface area contributed by atoms with E-state index in [0.29, 0.717) is 0 Å². The Labute approximate surface area is 857 Å². The Morgan fingerprint density at radius 2 is 0.514 bits per heavy atom. The van der Waals surface area contributed by atoms with Crippen molar-refractivity contribution in [3.8, 4) is 22.7 Å². The second-order valence-electron chi connectivity index (χ2n) is 38.3. The fraction of sp³-hybridized carbons (Fsp3) is 0. The number of furan rings is 3. The van der Waals surface area contributed by atoms with Gasteiger partial charge in [-0.3, -0.25) is 24.9 Å². The lowest BCUT2D eigenvalue weighted by Crippen LogP contribution is -1.94. The number of fused-ring (bicyclic) bond motifs is 44. The molecule has 0 saturated carbocycles. The summed E-state index contributed by atoms with van der Waals surface area (Å²) in [6.07, 6.45) is 9.06. The summed E-state index contributed by atoms with van der Waals surface area (Å²) < 4.78 is 42.0. The summed E-state index contributed by atoms with van der Waals surface area (Å²) >= 11 is 9.32. The van der Waals surface area contributed by atoms with Crippen molar-refractivity contribution >= 4 is 354 Å². The predicted octanol–water partition coefficient (Wildman–Crippen LogP) is 38.3. The average Bonchev–Trinajstić information content (AvgIpc) is 1.54. The predicted molar refractivity (Wildman–Crippen MR) is 628 cm³/mol. The van der Waals surface area contributed by atoms with Crippen molar-refractivity contribution in [1.29, 1.82) is 0 Å². The van der Waals surface area contributed by atoms with Crippen molar-refractivity contribution in [2.45, 2.75) is 0 Å². The van der Waals surface area contributed by atoms with Crippen molar-refractivity contribution in [2.75, 3.05) is 0 Å². The molecule has 36 aromatic rings. The van der Waals surface area contributed by atoms with Crippen molar-refractivity contribution in [2.24, 2.45) is 0 Å². The van der Waals surface area contributed by atoms with Crippen LogP contribution in [0.15, 0.2) is 445 Å². The Morgan fingerprint density at radius 1 is 0.169 bits per heavy atom. The quantitative estimate of drug-likeness (QED) is 0.171. The normalized spacial score (nSPS) is 12.3. The maximum absolute atomic E-state index is 6.62. The van der Waals surface area contributed by atoms with E-state index >= 15 is 0 Å². The SMILES string of the molecule is c1ccc2c(c1)sc1cc(-n3c4ccccc4c4ccc5c6cc7nccnc7cc6oc5c43)ccc12.c1cnc2cc3sc4c(ccc5c6ccccc6n(-c6ccc7c(c6)oc6ccccc67)c54)c3cc2c1.c1cnc2cc3sc4c(ccc5c6ccccc6n(-c6cccc7c6oc6ccccc67)c54)c3cc2c1.c1cnc2cc3sc4c(ccc5c6ccccc6n(-c6cccc7c6sc6ccccc67)c54)c3cc2c1. The minimum atomic E-state index is 0.826. The van der Waals surface area contributed by atoms with E-state index in [2.05, 4.69) is 395 Å². The average molecular weight is 1980 g/mol. The van der Waals surface area contributed by atoms with Crippen molar-refractivity contribution in [1.82, 2.24) is 43.2 Å². The van der Waals surface area contributed by atoms with Crippen LogP contribution in [0.2, 0.25) is 0 Å². The van der Waals surface area contributed by atoms with Crippen LogP contribution < -0.4 is 0 Å². The van der Waals surface area contributed by atoms with Crippen LogP contribution in [0.3, 0.4) is 0 Å². The van der Waals surface area contributed by atoms with Gasteiger partial charge in [-0.25, -0.2) is 0 Å². The molecule has 0 fully saturated rings. The first-order valence-corrected chi connectivity index (χ1v) is 53.5. The Balaban J connectivity index is 0.0000000859. The molecule has 17 heteroatoms. The fourth-order valence-corrected chi connectivity index (χ4v) is 30.0. The molecular formula is C131H71N9O3S5. The lowest BCUT2D eigenvalue weighted by molar-refractivity contribution is 0.666. The molecule has 0 N–H and O–H groups in total. The zero-order valence-corrected chi connectivity index (χ0v) is 82.4. The molecule has 0 radical (unpaired) electrons. The molecule has 0 aliphatic carbocycles. The van der Waals surface area contributed by atoms with E-state index in [9.17, 15) is 0 Å². The van der Waals surface area contributed by atoms with E-state index in [0.717, 1.165) is 116 Å². The molecule has 0 bridgehead atoms. The molecule has 20 aromatic carbocycles. The van der Waals surface area contributed by atoms with E-state index in [1.165, 1.54) is 204 Å². The highest BCUT2D eigenvalue weighted by molar-refractivity contribution is 7.28. The lowest BCUT2D eigenvalue weighted by atomic mass is 10.1. The van der Waals surface area contributed by atoms with Crippen LogP contribution >= 0.6 is 56.7 Å². The summed E-state index contributed by atoms with van der Waals surface area (Å²) in [5, 5.41) is 33.3. The first kappa shape index (κ1) is 82.1. The third kappa shape index (κ3) is 12.1. The molecule has 148 heavy (non-hydrogen) atoms. The highest BCUT2D eigenvalue weighted by atomic mass is 32.1. The van der Waals surface area contributed by atoms with Crippen LogP contribution in [0.4, 0.5) is 0 Å². The van der Waals surface area contributed by atoms with Crippen LogP contribution in [-0.2, 0) is 0 Å². The summed E-state index contributed by atoms with van der Waals surface area (Å²) in [4.78, 5) is 22.8. The van der Waals surface area contributed by atoms with E-state index in [-0.39, 0.29) is 0 Å². The van der Waals surface area contributed by atoms with Crippen LogP contribution in [0.1, 0.15) is 0 Å². The fourth-order valence-electron chi connectivity index (χ4n) is 23.8. The minimum absolute atomic E-state index is 0.826. The van der Waals surface area contributed by atoms with Crippen LogP contribution in [0, 0.1) is 0 Å². The molecule has 0 spiro atoms. The number of para-hydroxylation sites is 7. The number of rotatable bonds is 4. The smallest absolute Gasteiger partial charge is 0.160 e. The molecule has 0 atom stereocenters. The molecule has 36 rings (SSSR count). The number of hydrogen-bond acceptors (Lipinski definition) is 13. The highest BCUT2D eigenvalue weighted by Crippen LogP contribution is 2.53. The van der Waals surface area contributed by atoms with Gasteiger partial charge in [0.25, 0.3) is 0 Å². The first-order valence-electron chi connectivity index (χ1n) is 49.4. The van der Waals surface area contributed by atoms with Crippen molar-refractivity contribution in [3.05, 3.63) is 431 Å². The van der Waals surface area contributed by atoms with Crippen LogP contribution in [-0.4, -0.2) is 43.2 Å². The van der Waals surface area contributed by atoms with Crippen LogP contribution in [0.25, 0.3) is 320 Å². The molecular weight excluding hydrogens is 1910 g/mol. The van der Waals surface area contributed by atoms with Gasteiger partial charge in [0.2, 0.25) is 0 Å². The zero-order chi connectivity index (χ0) is 96.3. The van der Waals surface area contributed by atoms with E-state index in [4.69, 9.17) is 13.3 Å². The molecule has 0 aliphatic rings. The topological polar surface area (TPSA) is 124 Å². The summed E-state index contributed by atoms with van der Waals surface area (Å²) in [5.74, 6) is 0. The first-order chi connectivity index (χ1) is 73.4. The molecule has 16 aromatic heterocycles. The van der Waals surface area contributed by atoms with E-state index in [1.54, 1.807) is 12.4 Å². The van der Waals surface area contributed by atoms with Crippen LogP contribution in [0.5, 0.6) is 0 Å². The molecule has 0 unspecified atom stereocenters. The largest absolute Gasteiger partial charge is 0.456 e. The molecule has 0 aliphatic heterocycles. The number of thiophene rings is 5. The number of benzene rings is 20. The van der Waals surface area contributed by atoms with Crippen molar-refractivity contribution in [3.63, 3.8) is 0 Å². The molecule has 0 amide bonds. The van der Waals surface area contributed by atoms with Gasteiger partial charge in [0.1, 0.15) is 22.3 Å². The van der Waals surface area contributed by atoms with Gasteiger partial charge in [0.05, 0.1) is 102 Å². The lowest BCUT2D eigenvalue weighted by Gasteiger charge is -2.10. The monoisotopic (exact) mass is 1980 g/mol. The third-order valence-corrected chi connectivity index (χ3v) is 36.2. The molecule has 0 saturated heterocycles. The van der Waals surface area contributed by atoms with Gasteiger partial charge in [-0.2, -0.15) is 0 Å². The maximum atomic E-state index is 6.62. The maximum Gasteiger partial charge on any atom is 0.160 e. The van der Waals surface area contributed by atoms with Gasteiger partial charge in [-0.05, 0) is 152 Å². The van der Waals surface area contributed by atoms with Gasteiger partial charge < -0.3 is 31.5 Å². The van der Waals surface area contributed by atoms with Gasteiger partial charge >= 0.3 is 0 Å². The number of hydrogen-bond donors (Lipinski definition) is 0. The summed E-state index contributed by atoms with van der Waals surface area (Å²) in [6.45, 7) is 0. The number of nitrogens with zero attached hydrogens (tertiary/aromatic N) is 9. The van der Waals surface area contributed by atoms with Gasteiger partial charge in [0, 0.05) is 228 Å². The Bertz CT molecular complexity index is 11500. The Hall–Kier alpha value is -18.3. The summed E-state index contributed by atoms with van der Waals surface area (Å²) in [6, 6.07) is 144. The zero-order valence-electron chi connectivity index (χ0n) is 78.3. The summed E-state index contributed by atoms with van der Waals surface area (Å²) in [5.41, 5.74) is 24.4. The highest BCUT2D eigenvalue weighted by Gasteiger charge is 2.28. The van der Waals surface area contributed by atoms with E-state index in [1.807, 2.05) is 124 Å². The summed E-state index contributed by atoms with van der Waals surface area (Å²) in [7, 11) is 0. The number of pyridine rings is 3. The second kappa shape index (κ2) is 31.6. The standard InChI is InChI=1S/2C33H18N2OS.C33H18N2S2.C32H17N3OS/c1-3-11-27-20(8-1)22-14-15-24-25-17-19-7-6-16-34-26(19)18-30(25)37-33(24)31(22)35(27)28-12-5-10-23-21-9-2-4-13-29(21)36-32(23)28;1-3-9-28-21(7-1)24-13-14-25-26-16-19-6-5-15-34-27(19)18-31(26)37-33(25)32(24)35(28)20-11-12-23-22-8-2-4-10-29(22)36-30(23)17-20;1-3-11-27-20(8-1)22-14-15-24-25-17-19-7-6-16-34-26(19)18-30(25)37-33(24)31(22)35(27)28-12-5-10-23-21-9-2-4-13-29(21)36-32(23)28;1-3-7-27-19(5-1)22-11-12-23-24-16-25-26(34-14-13-33-25)17-28(24)36-32(23)31(22)35(27)18-9-10-21-20-6-2-4-8-29(20)37-30(21)15-18/h3*1-18H;1-17H.